The van der Waals surface area contributed by atoms with Crippen LogP contribution in [0, 0.1) is 25.2 Å². The van der Waals surface area contributed by atoms with Gasteiger partial charge >= 0.3 is 5.97 Å². The van der Waals surface area contributed by atoms with Gasteiger partial charge in [0.25, 0.3) is 5.91 Å². The maximum Gasteiger partial charge on any atom is 0.354 e. The molecule has 6 heteroatoms. The van der Waals surface area contributed by atoms with E-state index < -0.39 is 5.97 Å². The van der Waals surface area contributed by atoms with Gasteiger partial charge in [-0.1, -0.05) is 37.6 Å². The molecule has 6 nitrogen and oxygen atoms in total. The van der Waals surface area contributed by atoms with E-state index in [9.17, 15) is 14.9 Å². The zero-order valence-electron chi connectivity index (χ0n) is 20.1. The number of esters is 1. The summed E-state index contributed by atoms with van der Waals surface area (Å²) >= 11 is 0. The molecule has 0 saturated carbocycles. The number of nitrogens with one attached hydrogen (secondary N) is 1. The Balaban J connectivity index is 1.62. The van der Waals surface area contributed by atoms with Crippen molar-refractivity contribution in [3.8, 4) is 17.6 Å². The molecule has 3 aromatic carbocycles. The summed E-state index contributed by atoms with van der Waals surface area (Å²) in [5, 5.41) is 12.3. The molecule has 0 aliphatic rings. The normalized spacial score (nSPS) is 10.9. The van der Waals surface area contributed by atoms with Crippen LogP contribution in [0.4, 0.5) is 5.69 Å². The van der Waals surface area contributed by atoms with E-state index in [0.717, 1.165) is 35.4 Å². The number of nitriles is 1. The van der Waals surface area contributed by atoms with Gasteiger partial charge in [-0.15, -0.1) is 0 Å². The molecule has 178 valence electrons. The highest BCUT2D eigenvalue weighted by atomic mass is 16.5. The predicted molar refractivity (Wildman–Crippen MR) is 136 cm³/mol. The molecule has 0 radical (unpaired) electrons. The minimum absolute atomic E-state index is 0.138. The van der Waals surface area contributed by atoms with Crippen LogP contribution >= 0.6 is 0 Å². The van der Waals surface area contributed by atoms with Crippen molar-refractivity contribution in [2.45, 2.75) is 33.6 Å². The Kier molecular flexibility index (Phi) is 8.80. The van der Waals surface area contributed by atoms with E-state index in [1.807, 2.05) is 38.1 Å². The van der Waals surface area contributed by atoms with E-state index in [1.165, 1.54) is 18.2 Å². The van der Waals surface area contributed by atoms with Crippen LogP contribution in [0.1, 0.15) is 46.8 Å². The Labute approximate surface area is 205 Å². The summed E-state index contributed by atoms with van der Waals surface area (Å²) in [5.74, 6) is -0.0721. The Morgan fingerprint density at radius 3 is 2.31 bits per heavy atom. The monoisotopic (exact) mass is 468 g/mol. The largest absolute Gasteiger partial charge is 0.494 e. The third-order valence-electron chi connectivity index (χ3n) is 5.27. The number of hydrogen-bond donors (Lipinski definition) is 1. The highest BCUT2D eigenvalue weighted by molar-refractivity contribution is 6.05. The number of ether oxygens (including phenoxy) is 2. The van der Waals surface area contributed by atoms with Gasteiger partial charge in [0, 0.05) is 11.3 Å². The summed E-state index contributed by atoms with van der Waals surface area (Å²) in [6.07, 6.45) is 3.49. The van der Waals surface area contributed by atoms with Crippen LogP contribution in [0.2, 0.25) is 0 Å². The van der Waals surface area contributed by atoms with Crippen LogP contribution < -0.4 is 14.8 Å². The molecule has 0 heterocycles. The van der Waals surface area contributed by atoms with Crippen molar-refractivity contribution >= 4 is 23.6 Å². The lowest BCUT2D eigenvalue weighted by Gasteiger charge is -2.10. The van der Waals surface area contributed by atoms with E-state index in [2.05, 4.69) is 12.2 Å². The molecular formula is C29H28N2O4. The van der Waals surface area contributed by atoms with Crippen molar-refractivity contribution < 1.29 is 19.1 Å². The van der Waals surface area contributed by atoms with Crippen molar-refractivity contribution in [3.05, 3.63) is 94.6 Å². The third kappa shape index (κ3) is 7.31. The number of benzene rings is 3. The van der Waals surface area contributed by atoms with Crippen molar-refractivity contribution in [1.82, 2.24) is 0 Å². The van der Waals surface area contributed by atoms with Gasteiger partial charge in [-0.05, 0) is 85.5 Å². The van der Waals surface area contributed by atoms with Gasteiger partial charge in [0.05, 0.1) is 6.61 Å². The molecule has 1 N–H and O–H groups in total. The topological polar surface area (TPSA) is 88.4 Å². The molecule has 0 aliphatic carbocycles. The van der Waals surface area contributed by atoms with Crippen molar-refractivity contribution in [2.24, 2.45) is 0 Å². The molecule has 3 aromatic rings. The predicted octanol–water partition coefficient (Wildman–Crippen LogP) is 6.25. The minimum Gasteiger partial charge on any atom is -0.494 e. The van der Waals surface area contributed by atoms with Crippen LogP contribution in [0.3, 0.4) is 0 Å². The number of nitrogens with zero attached hydrogens (tertiary/aromatic N) is 1. The van der Waals surface area contributed by atoms with Crippen LogP contribution in [-0.4, -0.2) is 18.5 Å². The lowest BCUT2D eigenvalue weighted by atomic mass is 10.1. The summed E-state index contributed by atoms with van der Waals surface area (Å²) in [6, 6.07) is 21.0. The minimum atomic E-state index is -0.775. The molecule has 0 unspecified atom stereocenters. The third-order valence-corrected chi connectivity index (χ3v) is 5.27. The number of aryl methyl sites for hydroxylation is 2. The number of hydrogen-bond acceptors (Lipinski definition) is 5. The molecule has 0 aromatic heterocycles. The van der Waals surface area contributed by atoms with Gasteiger partial charge < -0.3 is 14.8 Å². The zero-order valence-corrected chi connectivity index (χ0v) is 20.1. The Morgan fingerprint density at radius 1 is 0.971 bits per heavy atom. The van der Waals surface area contributed by atoms with Gasteiger partial charge in [-0.25, -0.2) is 4.79 Å². The van der Waals surface area contributed by atoms with Crippen LogP contribution in [0.25, 0.3) is 6.08 Å². The first-order valence-electron chi connectivity index (χ1n) is 11.4. The summed E-state index contributed by atoms with van der Waals surface area (Å²) in [7, 11) is 0. The first kappa shape index (κ1) is 25.3. The van der Waals surface area contributed by atoms with Gasteiger partial charge in [-0.2, -0.15) is 5.26 Å². The lowest BCUT2D eigenvalue weighted by molar-refractivity contribution is -0.129. The summed E-state index contributed by atoms with van der Waals surface area (Å²) in [6.45, 7) is 6.62. The van der Waals surface area contributed by atoms with Crippen molar-refractivity contribution in [2.75, 3.05) is 11.9 Å². The Bertz CT molecular complexity index is 1250. The van der Waals surface area contributed by atoms with E-state index in [0.29, 0.717) is 17.7 Å². The van der Waals surface area contributed by atoms with Crippen molar-refractivity contribution in [1.29, 1.82) is 5.26 Å². The molecule has 1 amide bonds. The number of anilines is 1. The standard InChI is InChI=1S/C29H28N2O4/c1-4-5-16-34-25-12-8-22(9-13-25)18-24(19-30)29(33)35-26-14-10-23(11-15-26)28(32)31-27-17-20(2)6-7-21(27)3/h6-15,17-18H,4-5,16H2,1-3H3,(H,31,32)/b24-18+. The number of carbonyl (C=O) groups is 2. The molecule has 0 bridgehead atoms. The number of rotatable bonds is 9. The second kappa shape index (κ2) is 12.2. The van der Waals surface area contributed by atoms with Crippen LogP contribution in [0.15, 0.2) is 72.3 Å². The van der Waals surface area contributed by atoms with Gasteiger partial charge in [0.1, 0.15) is 23.1 Å². The van der Waals surface area contributed by atoms with Gasteiger partial charge in [-0.3, -0.25) is 4.79 Å². The first-order valence-corrected chi connectivity index (χ1v) is 11.4. The Hall–Kier alpha value is -4.37. The van der Waals surface area contributed by atoms with Gasteiger partial charge in [0.15, 0.2) is 0 Å². The zero-order chi connectivity index (χ0) is 25.2. The highest BCUT2D eigenvalue weighted by Gasteiger charge is 2.14. The smallest absolute Gasteiger partial charge is 0.354 e. The van der Waals surface area contributed by atoms with Crippen molar-refractivity contribution in [3.63, 3.8) is 0 Å². The molecular weight excluding hydrogens is 440 g/mol. The SMILES string of the molecule is CCCCOc1ccc(/C=C(\C#N)C(=O)Oc2ccc(C(=O)Nc3cc(C)ccc3C)cc2)cc1. The molecule has 0 fully saturated rings. The second-order valence-electron chi connectivity index (χ2n) is 8.13. The van der Waals surface area contributed by atoms with E-state index >= 15 is 0 Å². The fraction of sp³-hybridized carbons (Fsp3) is 0.207. The fourth-order valence-electron chi connectivity index (χ4n) is 3.20. The quantitative estimate of drug-likeness (QED) is 0.132. The summed E-state index contributed by atoms with van der Waals surface area (Å²) < 4.78 is 11.0. The highest BCUT2D eigenvalue weighted by Crippen LogP contribution is 2.20. The molecule has 35 heavy (non-hydrogen) atoms. The molecule has 0 spiro atoms. The Morgan fingerprint density at radius 2 is 1.66 bits per heavy atom. The van der Waals surface area contributed by atoms with E-state index in [4.69, 9.17) is 9.47 Å². The van der Waals surface area contributed by atoms with Crippen LogP contribution in [-0.2, 0) is 4.79 Å². The summed E-state index contributed by atoms with van der Waals surface area (Å²) in [4.78, 5) is 25.1. The van der Waals surface area contributed by atoms with E-state index in [-0.39, 0.29) is 17.2 Å². The molecule has 0 atom stereocenters. The summed E-state index contributed by atoms with van der Waals surface area (Å²) in [5.41, 5.74) is 3.72. The molecule has 0 saturated heterocycles. The maximum atomic E-state index is 12.6. The van der Waals surface area contributed by atoms with Gasteiger partial charge in [0.2, 0.25) is 0 Å². The number of unbranched alkanes of at least 4 members (excludes halogenated alkanes) is 1. The second-order valence-corrected chi connectivity index (χ2v) is 8.13. The van der Waals surface area contributed by atoms with E-state index in [1.54, 1.807) is 36.4 Å². The van der Waals surface area contributed by atoms with Crippen LogP contribution in [0.5, 0.6) is 11.5 Å². The average Bonchev–Trinajstić information content (AvgIpc) is 2.86. The lowest BCUT2D eigenvalue weighted by Crippen LogP contribution is -2.13. The average molecular weight is 469 g/mol. The number of amides is 1. The fourth-order valence-corrected chi connectivity index (χ4v) is 3.20. The first-order chi connectivity index (χ1) is 16.9. The number of carbonyl (C=O) groups excluding carboxylic acids is 2. The maximum absolute atomic E-state index is 12.6. The molecule has 0 aliphatic heterocycles. The molecule has 3 rings (SSSR count).